The number of rotatable bonds is 5. The number of carbonyl (C=O) groups excluding carboxylic acids is 1. The van der Waals surface area contributed by atoms with Crippen molar-refractivity contribution >= 4 is 27.9 Å². The minimum absolute atomic E-state index is 0.00835. The highest BCUT2D eigenvalue weighted by Gasteiger charge is 2.40. The van der Waals surface area contributed by atoms with Gasteiger partial charge in [-0.25, -0.2) is 18.2 Å². The van der Waals surface area contributed by atoms with Gasteiger partial charge in [0.05, 0.1) is 6.54 Å². The molecule has 1 aromatic carbocycles. The van der Waals surface area contributed by atoms with Crippen molar-refractivity contribution in [2.45, 2.75) is 26.4 Å². The number of benzene rings is 1. The van der Waals surface area contributed by atoms with Crippen LogP contribution in [0.1, 0.15) is 19.4 Å². The van der Waals surface area contributed by atoms with E-state index in [1.54, 1.807) is 4.72 Å². The Morgan fingerprint density at radius 3 is 2.71 bits per heavy atom. The van der Waals surface area contributed by atoms with Crippen molar-refractivity contribution in [3.8, 4) is 11.5 Å². The second kappa shape index (κ2) is 7.00. The Labute approximate surface area is 160 Å². The Bertz CT molecular complexity index is 935. The smallest absolute Gasteiger partial charge is 0.407 e. The van der Waals surface area contributed by atoms with E-state index in [4.69, 9.17) is 4.74 Å². The van der Waals surface area contributed by atoms with Crippen molar-refractivity contribution in [3.63, 3.8) is 0 Å². The maximum atomic E-state index is 15.0. The lowest BCUT2D eigenvalue weighted by molar-refractivity contribution is -0.117. The SMILES string of the molecule is CC(C)CN(C[C@H]1Cc2c(cc(O)c(N3CC(=O)NS3(=O)=O)c2F)O1)C(=O)O. The molecular weight excluding hydrogens is 397 g/mol. The van der Waals surface area contributed by atoms with Crippen molar-refractivity contribution in [3.05, 3.63) is 17.4 Å². The predicted molar refractivity (Wildman–Crippen MR) is 95.0 cm³/mol. The quantitative estimate of drug-likeness (QED) is 0.640. The number of phenols is 1. The molecule has 0 bridgehead atoms. The van der Waals surface area contributed by atoms with Gasteiger partial charge in [0.15, 0.2) is 5.82 Å². The number of phenolic OH excluding ortho intramolecular Hbond substituents is 1. The van der Waals surface area contributed by atoms with E-state index in [1.807, 2.05) is 13.8 Å². The largest absolute Gasteiger partial charge is 0.505 e. The normalized spacial score (nSPS) is 20.1. The number of carbonyl (C=O) groups is 2. The molecule has 2 aliphatic heterocycles. The topological polar surface area (TPSA) is 136 Å². The van der Waals surface area contributed by atoms with Crippen LogP contribution in [0.3, 0.4) is 0 Å². The van der Waals surface area contributed by atoms with Gasteiger partial charge >= 0.3 is 16.3 Å². The molecule has 0 saturated carbocycles. The summed E-state index contributed by atoms with van der Waals surface area (Å²) in [5, 5.41) is 19.5. The number of nitrogens with zero attached hydrogens (tertiary/aromatic N) is 2. The number of amides is 2. The van der Waals surface area contributed by atoms with Crippen molar-refractivity contribution in [1.29, 1.82) is 0 Å². The average molecular weight is 417 g/mol. The van der Waals surface area contributed by atoms with Crippen LogP contribution < -0.4 is 13.8 Å². The molecule has 28 heavy (non-hydrogen) atoms. The van der Waals surface area contributed by atoms with Crippen LogP contribution in [0.15, 0.2) is 6.07 Å². The first-order valence-corrected chi connectivity index (χ1v) is 9.95. The standard InChI is InChI=1S/C16H20FN3O7S/c1-8(2)5-19(16(23)24)6-9-3-10-12(27-9)4-11(21)15(14(10)17)20-7-13(22)18-28(20,25)26/h4,8-9,21H,3,5-7H2,1-2H3,(H,18,22)(H,23,24)/t9-/m1/s1. The van der Waals surface area contributed by atoms with Gasteiger partial charge in [0.2, 0.25) is 0 Å². The predicted octanol–water partition coefficient (Wildman–Crippen LogP) is 0.652. The highest BCUT2D eigenvalue weighted by molar-refractivity contribution is 7.92. The van der Waals surface area contributed by atoms with Crippen LogP contribution >= 0.6 is 0 Å². The monoisotopic (exact) mass is 417 g/mol. The molecule has 1 aromatic rings. The van der Waals surface area contributed by atoms with Crippen molar-refractivity contribution in [1.82, 2.24) is 9.62 Å². The fraction of sp³-hybridized carbons (Fsp3) is 0.500. The minimum Gasteiger partial charge on any atom is -0.505 e. The number of fused-ring (bicyclic) bond motifs is 1. The Morgan fingerprint density at radius 2 is 2.18 bits per heavy atom. The number of nitrogens with one attached hydrogen (secondary N) is 1. The first kappa shape index (κ1) is 20.0. The zero-order valence-corrected chi connectivity index (χ0v) is 16.0. The molecular formula is C16H20FN3O7S. The molecule has 0 aliphatic carbocycles. The van der Waals surface area contributed by atoms with Crippen LogP contribution in [0.4, 0.5) is 14.9 Å². The lowest BCUT2D eigenvalue weighted by Gasteiger charge is -2.24. The maximum absolute atomic E-state index is 15.0. The second-order valence-corrected chi connectivity index (χ2v) is 8.69. The number of carboxylic acid groups (broad SMARTS) is 1. The Kier molecular flexibility index (Phi) is 5.00. The van der Waals surface area contributed by atoms with Gasteiger partial charge in [-0.2, -0.15) is 8.42 Å². The summed E-state index contributed by atoms with van der Waals surface area (Å²) in [6.07, 6.45) is -1.83. The highest BCUT2D eigenvalue weighted by Crippen LogP contribution is 2.43. The van der Waals surface area contributed by atoms with Gasteiger partial charge in [0, 0.05) is 24.6 Å². The summed E-state index contributed by atoms with van der Waals surface area (Å²) in [6, 6.07) is 1.07. The van der Waals surface area contributed by atoms with E-state index >= 15 is 4.39 Å². The zero-order chi connectivity index (χ0) is 20.8. The molecule has 0 spiro atoms. The maximum Gasteiger partial charge on any atom is 0.407 e. The fourth-order valence-corrected chi connectivity index (χ4v) is 4.45. The molecule has 2 heterocycles. The minimum atomic E-state index is -4.30. The van der Waals surface area contributed by atoms with E-state index in [0.29, 0.717) is 4.31 Å². The molecule has 3 rings (SSSR count). The van der Waals surface area contributed by atoms with Gasteiger partial charge in [-0.1, -0.05) is 13.8 Å². The molecule has 10 nitrogen and oxygen atoms in total. The van der Waals surface area contributed by atoms with E-state index in [-0.39, 0.29) is 36.7 Å². The second-order valence-electron chi connectivity index (χ2n) is 7.10. The molecule has 154 valence electrons. The lowest BCUT2D eigenvalue weighted by atomic mass is 10.1. The van der Waals surface area contributed by atoms with Gasteiger partial charge in [-0.05, 0) is 5.92 Å². The van der Waals surface area contributed by atoms with Gasteiger partial charge in [0.1, 0.15) is 29.8 Å². The van der Waals surface area contributed by atoms with Gasteiger partial charge < -0.3 is 19.8 Å². The van der Waals surface area contributed by atoms with E-state index in [1.165, 1.54) is 0 Å². The Balaban J connectivity index is 1.88. The number of halogens is 1. The highest BCUT2D eigenvalue weighted by atomic mass is 32.2. The van der Waals surface area contributed by atoms with E-state index < -0.39 is 52.1 Å². The van der Waals surface area contributed by atoms with E-state index in [2.05, 4.69) is 0 Å². The van der Waals surface area contributed by atoms with Gasteiger partial charge in [-0.15, -0.1) is 0 Å². The third-order valence-electron chi connectivity index (χ3n) is 4.36. The molecule has 0 radical (unpaired) electrons. The summed E-state index contributed by atoms with van der Waals surface area (Å²) in [5.74, 6) is -2.48. The number of aromatic hydroxyl groups is 1. The van der Waals surface area contributed by atoms with Gasteiger partial charge in [0.25, 0.3) is 5.91 Å². The Hall–Kier alpha value is -2.76. The zero-order valence-electron chi connectivity index (χ0n) is 15.2. The van der Waals surface area contributed by atoms with Crippen molar-refractivity contribution < 1.29 is 37.3 Å². The number of ether oxygens (including phenoxy) is 1. The lowest BCUT2D eigenvalue weighted by Crippen LogP contribution is -2.40. The molecule has 0 aromatic heterocycles. The summed E-state index contributed by atoms with van der Waals surface area (Å²) in [4.78, 5) is 24.0. The van der Waals surface area contributed by atoms with E-state index in [0.717, 1.165) is 11.0 Å². The van der Waals surface area contributed by atoms with Crippen molar-refractivity contribution in [2.75, 3.05) is 23.9 Å². The van der Waals surface area contributed by atoms with Crippen LogP contribution in [0, 0.1) is 11.7 Å². The average Bonchev–Trinajstić information content (AvgIpc) is 3.06. The molecule has 2 aliphatic rings. The van der Waals surface area contributed by atoms with Crippen LogP contribution in [0.5, 0.6) is 11.5 Å². The van der Waals surface area contributed by atoms with Crippen LogP contribution in [0.25, 0.3) is 0 Å². The molecule has 3 N–H and O–H groups in total. The summed E-state index contributed by atoms with van der Waals surface area (Å²) in [7, 11) is -4.30. The molecule has 1 atom stereocenters. The van der Waals surface area contributed by atoms with Crippen LogP contribution in [0.2, 0.25) is 0 Å². The summed E-state index contributed by atoms with van der Waals surface area (Å²) in [5.41, 5.74) is -0.624. The molecule has 1 fully saturated rings. The number of hydrogen-bond acceptors (Lipinski definition) is 6. The summed E-state index contributed by atoms with van der Waals surface area (Å²) >= 11 is 0. The van der Waals surface area contributed by atoms with E-state index in [9.17, 15) is 28.2 Å². The third kappa shape index (κ3) is 3.63. The molecule has 1 saturated heterocycles. The third-order valence-corrected chi connectivity index (χ3v) is 5.73. The number of hydrogen-bond donors (Lipinski definition) is 3. The van der Waals surface area contributed by atoms with Crippen LogP contribution in [-0.4, -0.2) is 61.3 Å². The molecule has 0 unspecified atom stereocenters. The first-order chi connectivity index (χ1) is 13.0. The molecule has 12 heteroatoms. The molecule has 2 amide bonds. The first-order valence-electron chi connectivity index (χ1n) is 8.51. The fourth-order valence-electron chi connectivity index (χ4n) is 3.29. The number of anilines is 1. The summed E-state index contributed by atoms with van der Waals surface area (Å²) in [6.45, 7) is 3.31. The Morgan fingerprint density at radius 1 is 1.50 bits per heavy atom. The van der Waals surface area contributed by atoms with Crippen LogP contribution in [-0.2, 0) is 21.4 Å². The van der Waals surface area contributed by atoms with Crippen molar-refractivity contribution in [2.24, 2.45) is 5.92 Å². The van der Waals surface area contributed by atoms with Gasteiger partial charge in [-0.3, -0.25) is 4.79 Å². The summed E-state index contributed by atoms with van der Waals surface area (Å²) < 4.78 is 46.7.